The number of alkyl halides is 3. The van der Waals surface area contributed by atoms with Crippen LogP contribution in [-0.2, 0) is 21.0 Å². The summed E-state index contributed by atoms with van der Waals surface area (Å²) in [6, 6.07) is 3.30. The van der Waals surface area contributed by atoms with Gasteiger partial charge in [0, 0.05) is 12.6 Å². The van der Waals surface area contributed by atoms with E-state index in [1.165, 1.54) is 0 Å². The number of benzene rings is 1. The van der Waals surface area contributed by atoms with Gasteiger partial charge < -0.3 is 10.6 Å². The second-order valence-electron chi connectivity index (χ2n) is 4.84. The van der Waals surface area contributed by atoms with E-state index in [0.29, 0.717) is 12.6 Å². The van der Waals surface area contributed by atoms with Gasteiger partial charge in [-0.05, 0) is 32.2 Å². The summed E-state index contributed by atoms with van der Waals surface area (Å²) >= 11 is 0. The average Bonchev–Trinajstić information content (AvgIpc) is 2.50. The van der Waals surface area contributed by atoms with Crippen molar-refractivity contribution in [3.63, 3.8) is 0 Å². The van der Waals surface area contributed by atoms with Crippen molar-refractivity contribution in [2.24, 2.45) is 0 Å². The molecule has 0 aliphatic rings. The van der Waals surface area contributed by atoms with Gasteiger partial charge in [-0.25, -0.2) is 13.1 Å². The molecule has 0 aromatic heterocycles. The maximum absolute atomic E-state index is 12.6. The number of hydrogen-bond acceptors (Lipinski definition) is 4. The van der Waals surface area contributed by atoms with E-state index in [9.17, 15) is 26.4 Å². The zero-order valence-electron chi connectivity index (χ0n) is 12.6. The van der Waals surface area contributed by atoms with E-state index in [-0.39, 0.29) is 6.04 Å². The van der Waals surface area contributed by atoms with Gasteiger partial charge in [-0.3, -0.25) is 4.79 Å². The second kappa shape index (κ2) is 7.75. The summed E-state index contributed by atoms with van der Waals surface area (Å²) in [7, 11) is -2.51. The summed E-state index contributed by atoms with van der Waals surface area (Å²) in [5.74, 6) is -0.581. The Morgan fingerprint density at radius 3 is 2.52 bits per heavy atom. The number of nitrogens with one attached hydrogen (secondary N) is 3. The van der Waals surface area contributed by atoms with Crippen LogP contribution >= 0.6 is 0 Å². The Balaban J connectivity index is 2.71. The van der Waals surface area contributed by atoms with Gasteiger partial charge in [-0.15, -0.1) is 0 Å². The Labute approximate surface area is 132 Å². The molecule has 1 rings (SSSR count). The van der Waals surface area contributed by atoms with Crippen molar-refractivity contribution < 1.29 is 26.4 Å². The minimum absolute atomic E-state index is 0.000903. The van der Waals surface area contributed by atoms with Crippen LogP contribution in [-0.4, -0.2) is 40.5 Å². The van der Waals surface area contributed by atoms with Gasteiger partial charge in [0.1, 0.15) is 0 Å². The Kier molecular flexibility index (Phi) is 6.54. The number of hydrogen-bond donors (Lipinski definition) is 3. The standard InChI is InChI=1S/C13H18F3N3O3S/c1-9(17-2)7-18-12(20)8-19-23(21,22)11-5-3-4-10(6-11)13(14,15)16/h3-6,9,17,19H,7-8H2,1-2H3,(H,18,20). The van der Waals surface area contributed by atoms with Crippen LogP contribution in [0.4, 0.5) is 13.2 Å². The number of likely N-dealkylation sites (N-methyl/N-ethyl adjacent to an activating group) is 1. The topological polar surface area (TPSA) is 87.3 Å². The van der Waals surface area contributed by atoms with Crippen LogP contribution in [0.15, 0.2) is 29.2 Å². The van der Waals surface area contributed by atoms with Gasteiger partial charge in [0.05, 0.1) is 17.0 Å². The molecule has 6 nitrogen and oxygen atoms in total. The van der Waals surface area contributed by atoms with Crippen LogP contribution < -0.4 is 15.4 Å². The highest BCUT2D eigenvalue weighted by Gasteiger charge is 2.31. The quantitative estimate of drug-likeness (QED) is 0.674. The summed E-state index contributed by atoms with van der Waals surface area (Å²) in [4.78, 5) is 11.0. The number of carbonyl (C=O) groups is 1. The molecule has 0 saturated carbocycles. The normalized spacial score (nSPS) is 13.6. The minimum atomic E-state index is -4.65. The molecule has 0 aliphatic heterocycles. The molecule has 0 aliphatic carbocycles. The highest BCUT2D eigenvalue weighted by Crippen LogP contribution is 2.30. The molecular formula is C13H18F3N3O3S. The number of halogens is 3. The third kappa shape index (κ3) is 6.16. The highest BCUT2D eigenvalue weighted by molar-refractivity contribution is 7.89. The van der Waals surface area contributed by atoms with E-state index in [4.69, 9.17) is 0 Å². The minimum Gasteiger partial charge on any atom is -0.353 e. The molecule has 0 bridgehead atoms. The summed E-state index contributed by atoms with van der Waals surface area (Å²) in [5.41, 5.74) is -1.08. The molecule has 1 amide bonds. The fourth-order valence-corrected chi connectivity index (χ4v) is 2.54. The molecule has 0 heterocycles. The van der Waals surface area contributed by atoms with Crippen LogP contribution in [0.3, 0.4) is 0 Å². The Hall–Kier alpha value is -1.65. The molecule has 130 valence electrons. The lowest BCUT2D eigenvalue weighted by Crippen LogP contribution is -2.42. The molecule has 1 aromatic rings. The maximum atomic E-state index is 12.6. The monoisotopic (exact) mass is 353 g/mol. The summed E-state index contributed by atoms with van der Waals surface area (Å²) in [6.07, 6.45) is -4.65. The Morgan fingerprint density at radius 1 is 1.30 bits per heavy atom. The van der Waals surface area contributed by atoms with E-state index < -0.39 is 39.1 Å². The third-order valence-electron chi connectivity index (χ3n) is 2.99. The van der Waals surface area contributed by atoms with E-state index >= 15 is 0 Å². The molecule has 1 aromatic carbocycles. The fourth-order valence-electron chi connectivity index (χ4n) is 1.51. The molecule has 3 N–H and O–H groups in total. The van der Waals surface area contributed by atoms with Gasteiger partial charge >= 0.3 is 6.18 Å². The largest absolute Gasteiger partial charge is 0.416 e. The molecule has 0 saturated heterocycles. The summed E-state index contributed by atoms with van der Waals surface area (Å²) < 4.78 is 63.6. The molecule has 23 heavy (non-hydrogen) atoms. The SMILES string of the molecule is CNC(C)CNC(=O)CNS(=O)(=O)c1cccc(C(F)(F)F)c1. The Morgan fingerprint density at radius 2 is 1.96 bits per heavy atom. The van der Waals surface area contributed by atoms with Crippen molar-refractivity contribution in [3.05, 3.63) is 29.8 Å². The predicted molar refractivity (Wildman–Crippen MR) is 78.2 cm³/mol. The molecule has 1 unspecified atom stereocenters. The lowest BCUT2D eigenvalue weighted by molar-refractivity contribution is -0.137. The first-order valence-electron chi connectivity index (χ1n) is 6.67. The first kappa shape index (κ1) is 19.4. The smallest absolute Gasteiger partial charge is 0.353 e. The second-order valence-corrected chi connectivity index (χ2v) is 6.61. The lowest BCUT2D eigenvalue weighted by Gasteiger charge is -2.12. The first-order chi connectivity index (χ1) is 10.6. The Bertz CT molecular complexity index is 647. The average molecular weight is 353 g/mol. The van der Waals surface area contributed by atoms with Crippen molar-refractivity contribution in [3.8, 4) is 0 Å². The van der Waals surface area contributed by atoms with E-state index in [0.717, 1.165) is 18.2 Å². The third-order valence-corrected chi connectivity index (χ3v) is 4.39. The first-order valence-corrected chi connectivity index (χ1v) is 8.15. The zero-order valence-corrected chi connectivity index (χ0v) is 13.4. The lowest BCUT2D eigenvalue weighted by atomic mass is 10.2. The van der Waals surface area contributed by atoms with Crippen LogP contribution in [0.1, 0.15) is 12.5 Å². The summed E-state index contributed by atoms with van der Waals surface area (Å²) in [5, 5.41) is 5.36. The van der Waals surface area contributed by atoms with Crippen molar-refractivity contribution in [2.45, 2.75) is 24.0 Å². The molecule has 10 heteroatoms. The number of sulfonamides is 1. The van der Waals surface area contributed by atoms with Crippen molar-refractivity contribution in [1.82, 2.24) is 15.4 Å². The van der Waals surface area contributed by atoms with E-state index in [2.05, 4.69) is 10.6 Å². The van der Waals surface area contributed by atoms with Crippen molar-refractivity contribution in [1.29, 1.82) is 0 Å². The van der Waals surface area contributed by atoms with Gasteiger partial charge in [-0.1, -0.05) is 6.07 Å². The number of amides is 1. The molecule has 0 spiro atoms. The van der Waals surface area contributed by atoms with Gasteiger partial charge in [0.25, 0.3) is 0 Å². The number of carbonyl (C=O) groups excluding carboxylic acids is 1. The van der Waals surface area contributed by atoms with Gasteiger partial charge in [0.15, 0.2) is 0 Å². The molecular weight excluding hydrogens is 335 g/mol. The fraction of sp³-hybridized carbons (Fsp3) is 0.462. The van der Waals surface area contributed by atoms with Crippen molar-refractivity contribution >= 4 is 15.9 Å². The van der Waals surface area contributed by atoms with Crippen LogP contribution in [0.2, 0.25) is 0 Å². The van der Waals surface area contributed by atoms with Crippen LogP contribution in [0, 0.1) is 0 Å². The molecule has 1 atom stereocenters. The predicted octanol–water partition coefficient (Wildman–Crippen LogP) is 0.708. The molecule has 0 fully saturated rings. The zero-order chi connectivity index (χ0) is 17.7. The number of rotatable bonds is 7. The van der Waals surface area contributed by atoms with Crippen LogP contribution in [0.25, 0.3) is 0 Å². The molecule has 0 radical (unpaired) electrons. The van der Waals surface area contributed by atoms with Gasteiger partial charge in [-0.2, -0.15) is 13.2 Å². The maximum Gasteiger partial charge on any atom is 0.416 e. The summed E-state index contributed by atoms with van der Waals surface area (Å²) in [6.45, 7) is 1.54. The van der Waals surface area contributed by atoms with Crippen LogP contribution in [0.5, 0.6) is 0 Å². The van der Waals surface area contributed by atoms with E-state index in [1.807, 2.05) is 11.6 Å². The van der Waals surface area contributed by atoms with Crippen molar-refractivity contribution in [2.75, 3.05) is 20.1 Å². The van der Waals surface area contributed by atoms with Gasteiger partial charge in [0.2, 0.25) is 15.9 Å². The van der Waals surface area contributed by atoms with E-state index in [1.54, 1.807) is 7.05 Å². The highest BCUT2D eigenvalue weighted by atomic mass is 32.2.